The average Bonchev–Trinajstić information content (AvgIpc) is 2.45. The van der Waals surface area contributed by atoms with Crippen LogP contribution in [0.5, 0.6) is 5.75 Å². The topological polar surface area (TPSA) is 84.9 Å². The van der Waals surface area contributed by atoms with Crippen molar-refractivity contribution in [3.05, 3.63) is 29.8 Å². The monoisotopic (exact) mass is 337 g/mol. The Morgan fingerprint density at radius 2 is 2.00 bits per heavy atom. The van der Waals surface area contributed by atoms with E-state index in [1.54, 1.807) is 32.9 Å². The van der Waals surface area contributed by atoms with E-state index in [1.807, 2.05) is 12.1 Å². The van der Waals surface area contributed by atoms with Gasteiger partial charge in [0.2, 0.25) is 0 Å². The molecule has 24 heavy (non-hydrogen) atoms. The highest BCUT2D eigenvalue weighted by Gasteiger charge is 2.24. The van der Waals surface area contributed by atoms with E-state index < -0.39 is 23.7 Å². The quantitative estimate of drug-likeness (QED) is 0.710. The van der Waals surface area contributed by atoms with E-state index in [1.165, 1.54) is 0 Å². The molecule has 2 N–H and O–H groups in total. The molecule has 6 nitrogen and oxygen atoms in total. The van der Waals surface area contributed by atoms with Crippen LogP contribution in [0.15, 0.2) is 24.3 Å². The Hall–Kier alpha value is -2.24. The predicted molar refractivity (Wildman–Crippen MR) is 91.3 cm³/mol. The third kappa shape index (κ3) is 7.85. The number of nitrogens with one attached hydrogen (secondary N) is 1. The zero-order valence-corrected chi connectivity index (χ0v) is 14.8. The van der Waals surface area contributed by atoms with Gasteiger partial charge >= 0.3 is 12.1 Å². The molecule has 0 spiro atoms. The summed E-state index contributed by atoms with van der Waals surface area (Å²) in [6.07, 6.45) is 1.41. The minimum Gasteiger partial charge on any atom is -0.494 e. The third-order valence-corrected chi connectivity index (χ3v) is 3.09. The molecule has 0 radical (unpaired) electrons. The number of benzene rings is 1. The van der Waals surface area contributed by atoms with Crippen LogP contribution in [0.3, 0.4) is 0 Å². The number of carbonyl (C=O) groups excluding carboxylic acids is 1. The lowest BCUT2D eigenvalue weighted by atomic mass is 10.1. The number of hydrogen-bond acceptors (Lipinski definition) is 4. The van der Waals surface area contributed by atoms with Gasteiger partial charge in [-0.3, -0.25) is 0 Å². The minimum atomic E-state index is -1.11. The molecule has 1 unspecified atom stereocenters. The largest absolute Gasteiger partial charge is 0.494 e. The molecule has 0 saturated heterocycles. The molecular formula is C18H27NO5. The van der Waals surface area contributed by atoms with Gasteiger partial charge in [-0.25, -0.2) is 9.59 Å². The summed E-state index contributed by atoms with van der Waals surface area (Å²) in [4.78, 5) is 23.2. The molecular weight excluding hydrogens is 310 g/mol. The molecule has 1 aromatic carbocycles. The van der Waals surface area contributed by atoms with E-state index >= 15 is 0 Å². The molecule has 0 bridgehead atoms. The molecule has 0 aliphatic rings. The number of alkyl carbamates (subject to hydrolysis) is 1. The Kier molecular flexibility index (Phi) is 7.55. The van der Waals surface area contributed by atoms with Crippen molar-refractivity contribution in [2.45, 2.75) is 58.6 Å². The average molecular weight is 337 g/mol. The van der Waals surface area contributed by atoms with Gasteiger partial charge < -0.3 is 19.9 Å². The van der Waals surface area contributed by atoms with Crippen molar-refractivity contribution in [2.24, 2.45) is 0 Å². The highest BCUT2D eigenvalue weighted by molar-refractivity contribution is 5.80. The fraction of sp³-hybridized carbons (Fsp3) is 0.556. The lowest BCUT2D eigenvalue weighted by Gasteiger charge is -2.22. The number of carboxylic acids is 1. The van der Waals surface area contributed by atoms with E-state index in [0.29, 0.717) is 12.4 Å². The molecule has 1 aromatic rings. The van der Waals surface area contributed by atoms with Gasteiger partial charge in [-0.1, -0.05) is 25.5 Å². The van der Waals surface area contributed by atoms with Crippen molar-refractivity contribution < 1.29 is 24.2 Å². The first-order valence-corrected chi connectivity index (χ1v) is 8.15. The maximum Gasteiger partial charge on any atom is 0.408 e. The number of ether oxygens (including phenoxy) is 2. The van der Waals surface area contributed by atoms with Gasteiger partial charge in [0.25, 0.3) is 0 Å². The van der Waals surface area contributed by atoms with Gasteiger partial charge in [0.05, 0.1) is 6.61 Å². The van der Waals surface area contributed by atoms with Gasteiger partial charge in [0, 0.05) is 6.42 Å². The van der Waals surface area contributed by atoms with Crippen LogP contribution >= 0.6 is 0 Å². The Bertz CT molecular complexity index is 551. The van der Waals surface area contributed by atoms with Crippen molar-refractivity contribution in [3.8, 4) is 5.75 Å². The van der Waals surface area contributed by atoms with Crippen molar-refractivity contribution in [2.75, 3.05) is 6.61 Å². The Labute approximate surface area is 143 Å². The highest BCUT2D eigenvalue weighted by Crippen LogP contribution is 2.16. The molecule has 0 heterocycles. The molecule has 1 amide bonds. The molecule has 134 valence electrons. The summed E-state index contributed by atoms with van der Waals surface area (Å²) in [7, 11) is 0. The van der Waals surface area contributed by atoms with Gasteiger partial charge in [0.15, 0.2) is 0 Å². The maximum absolute atomic E-state index is 11.8. The summed E-state index contributed by atoms with van der Waals surface area (Å²) in [5.41, 5.74) is 0.0904. The number of carboxylic acid groups (broad SMARTS) is 1. The van der Waals surface area contributed by atoms with Gasteiger partial charge in [-0.2, -0.15) is 0 Å². The summed E-state index contributed by atoms with van der Waals surface area (Å²) < 4.78 is 10.7. The summed E-state index contributed by atoms with van der Waals surface area (Å²) in [6, 6.07) is 6.17. The minimum absolute atomic E-state index is 0.152. The third-order valence-electron chi connectivity index (χ3n) is 3.09. The zero-order chi connectivity index (χ0) is 18.2. The fourth-order valence-corrected chi connectivity index (χ4v) is 1.98. The van der Waals surface area contributed by atoms with Crippen LogP contribution < -0.4 is 10.1 Å². The summed E-state index contributed by atoms with van der Waals surface area (Å²) in [5, 5.41) is 11.7. The lowest BCUT2D eigenvalue weighted by molar-refractivity contribution is -0.139. The van der Waals surface area contributed by atoms with E-state index in [2.05, 4.69) is 12.2 Å². The second-order valence-electron chi connectivity index (χ2n) is 6.59. The molecule has 0 aliphatic carbocycles. The summed E-state index contributed by atoms with van der Waals surface area (Å²) >= 11 is 0. The first kappa shape index (κ1) is 19.8. The van der Waals surface area contributed by atoms with Crippen LogP contribution in [-0.4, -0.2) is 35.4 Å². The summed E-state index contributed by atoms with van der Waals surface area (Å²) in [5.74, 6) is -0.416. The second kappa shape index (κ2) is 9.15. The smallest absolute Gasteiger partial charge is 0.408 e. The lowest BCUT2D eigenvalue weighted by Crippen LogP contribution is -2.44. The standard InChI is InChI=1S/C18H27NO5/c1-5-6-10-23-14-9-7-8-13(11-14)12-15(16(20)21)19-17(22)24-18(2,3)4/h7-9,11,15H,5-6,10,12H2,1-4H3,(H,19,22)(H,20,21). The fourth-order valence-electron chi connectivity index (χ4n) is 1.98. The van der Waals surface area contributed by atoms with E-state index in [4.69, 9.17) is 9.47 Å². The summed E-state index contributed by atoms with van der Waals surface area (Å²) in [6.45, 7) is 7.87. The van der Waals surface area contributed by atoms with Crippen LogP contribution in [0.2, 0.25) is 0 Å². The van der Waals surface area contributed by atoms with Crippen molar-refractivity contribution in [1.82, 2.24) is 5.32 Å². The molecule has 0 fully saturated rings. The first-order chi connectivity index (χ1) is 11.2. The number of rotatable bonds is 8. The second-order valence-corrected chi connectivity index (χ2v) is 6.59. The van der Waals surface area contributed by atoms with E-state index in [-0.39, 0.29) is 6.42 Å². The number of hydrogen-bond donors (Lipinski definition) is 2. The van der Waals surface area contributed by atoms with Crippen LogP contribution in [-0.2, 0) is 16.0 Å². The van der Waals surface area contributed by atoms with E-state index in [0.717, 1.165) is 18.4 Å². The van der Waals surface area contributed by atoms with Gasteiger partial charge in [0.1, 0.15) is 17.4 Å². The number of amides is 1. The highest BCUT2D eigenvalue weighted by atomic mass is 16.6. The van der Waals surface area contributed by atoms with Crippen LogP contribution in [0, 0.1) is 0 Å². The Morgan fingerprint density at radius 1 is 1.29 bits per heavy atom. The van der Waals surface area contributed by atoms with Gasteiger partial charge in [-0.05, 0) is 44.9 Å². The maximum atomic E-state index is 11.8. The number of unbranched alkanes of at least 4 members (excludes halogenated alkanes) is 1. The first-order valence-electron chi connectivity index (χ1n) is 8.15. The molecule has 1 atom stereocenters. The molecule has 0 saturated carbocycles. The molecule has 0 aliphatic heterocycles. The number of carbonyl (C=O) groups is 2. The van der Waals surface area contributed by atoms with Gasteiger partial charge in [-0.15, -0.1) is 0 Å². The van der Waals surface area contributed by atoms with Crippen molar-refractivity contribution in [3.63, 3.8) is 0 Å². The predicted octanol–water partition coefficient (Wildman–Crippen LogP) is 3.39. The van der Waals surface area contributed by atoms with Crippen molar-refractivity contribution >= 4 is 12.1 Å². The SMILES string of the molecule is CCCCOc1cccc(CC(NC(=O)OC(C)(C)C)C(=O)O)c1. The van der Waals surface area contributed by atoms with Crippen LogP contribution in [0.4, 0.5) is 4.79 Å². The van der Waals surface area contributed by atoms with Crippen LogP contribution in [0.1, 0.15) is 46.1 Å². The van der Waals surface area contributed by atoms with E-state index in [9.17, 15) is 14.7 Å². The molecule has 0 aromatic heterocycles. The van der Waals surface area contributed by atoms with Crippen LogP contribution in [0.25, 0.3) is 0 Å². The zero-order valence-electron chi connectivity index (χ0n) is 14.8. The Balaban J connectivity index is 2.69. The molecule has 1 rings (SSSR count). The molecule has 6 heteroatoms. The van der Waals surface area contributed by atoms with Crippen molar-refractivity contribution in [1.29, 1.82) is 0 Å². The normalized spacial score (nSPS) is 12.3. The number of aliphatic carboxylic acids is 1. The Morgan fingerprint density at radius 3 is 2.58 bits per heavy atom.